The molecule has 4 aromatic heterocycles. The van der Waals surface area contributed by atoms with Crippen molar-refractivity contribution in [3.05, 3.63) is 59.0 Å². The molecule has 4 heterocycles. The first-order valence-electron chi connectivity index (χ1n) is 8.03. The second kappa shape index (κ2) is 6.34. The molecule has 0 bridgehead atoms. The van der Waals surface area contributed by atoms with Crippen molar-refractivity contribution in [1.82, 2.24) is 19.4 Å². The minimum Gasteiger partial charge on any atom is -0.330 e. The van der Waals surface area contributed by atoms with Gasteiger partial charge in [0.05, 0.1) is 23.3 Å². The van der Waals surface area contributed by atoms with E-state index in [2.05, 4.69) is 20.3 Å². The van der Waals surface area contributed by atoms with Crippen molar-refractivity contribution in [2.75, 3.05) is 5.32 Å². The van der Waals surface area contributed by atoms with Crippen molar-refractivity contribution >= 4 is 27.8 Å². The van der Waals surface area contributed by atoms with Crippen molar-refractivity contribution in [2.24, 2.45) is 0 Å². The van der Waals surface area contributed by atoms with E-state index in [0.717, 1.165) is 40.6 Å². The summed E-state index contributed by atoms with van der Waals surface area (Å²) in [6.07, 6.45) is -1.36. The van der Waals surface area contributed by atoms with Crippen LogP contribution in [0.25, 0.3) is 17.0 Å². The normalized spacial score (nSPS) is 11.9. The van der Waals surface area contributed by atoms with Gasteiger partial charge in [-0.25, -0.2) is 15.0 Å². The lowest BCUT2D eigenvalue weighted by molar-refractivity contribution is -0.141. The summed E-state index contributed by atoms with van der Waals surface area (Å²) in [5.41, 5.74) is 3.97. The molecule has 0 saturated carbocycles. The van der Waals surface area contributed by atoms with Gasteiger partial charge in [0.1, 0.15) is 17.0 Å². The molecular weight excluding hydrogens is 375 g/mol. The monoisotopic (exact) mass is 389 g/mol. The third-order valence-electron chi connectivity index (χ3n) is 4.01. The molecule has 4 aromatic rings. The van der Waals surface area contributed by atoms with Crippen molar-refractivity contribution in [2.45, 2.75) is 20.0 Å². The first kappa shape index (κ1) is 17.5. The van der Waals surface area contributed by atoms with Crippen molar-refractivity contribution in [3.63, 3.8) is 0 Å². The van der Waals surface area contributed by atoms with E-state index in [0.29, 0.717) is 10.8 Å². The highest BCUT2D eigenvalue weighted by Gasteiger charge is 2.32. The van der Waals surface area contributed by atoms with Gasteiger partial charge in [-0.3, -0.25) is 4.40 Å². The van der Waals surface area contributed by atoms with Gasteiger partial charge in [-0.15, -0.1) is 11.3 Å². The molecule has 0 aliphatic rings. The Morgan fingerprint density at radius 3 is 2.63 bits per heavy atom. The summed E-state index contributed by atoms with van der Waals surface area (Å²) < 4.78 is 39.8. The predicted octanol–water partition coefficient (Wildman–Crippen LogP) is 5.23. The molecule has 0 fully saturated rings. The van der Waals surface area contributed by atoms with Gasteiger partial charge < -0.3 is 5.32 Å². The van der Waals surface area contributed by atoms with E-state index in [1.165, 1.54) is 17.4 Å². The van der Waals surface area contributed by atoms with Crippen LogP contribution < -0.4 is 5.32 Å². The number of hydrogen-bond donors (Lipinski definition) is 1. The smallest absolute Gasteiger partial charge is 0.330 e. The molecule has 0 aliphatic heterocycles. The molecule has 1 N–H and O–H groups in total. The molecule has 27 heavy (non-hydrogen) atoms. The van der Waals surface area contributed by atoms with Crippen LogP contribution in [0.2, 0.25) is 0 Å². The summed E-state index contributed by atoms with van der Waals surface area (Å²) >= 11 is 1.36. The maximum atomic E-state index is 12.6. The van der Waals surface area contributed by atoms with Crippen LogP contribution in [-0.2, 0) is 6.18 Å². The molecule has 5 nitrogen and oxygen atoms in total. The van der Waals surface area contributed by atoms with E-state index in [-0.39, 0.29) is 0 Å². The zero-order valence-corrected chi connectivity index (χ0v) is 15.2. The quantitative estimate of drug-likeness (QED) is 0.521. The van der Waals surface area contributed by atoms with Gasteiger partial charge in [0, 0.05) is 11.6 Å². The molecule has 0 radical (unpaired) electrons. The lowest BCUT2D eigenvalue weighted by Crippen LogP contribution is -2.07. The number of halogens is 3. The van der Waals surface area contributed by atoms with E-state index in [4.69, 9.17) is 0 Å². The Bertz CT molecular complexity index is 1110. The fraction of sp³-hybridized carbons (Fsp3) is 0.167. The number of fused-ring (bicyclic) bond motifs is 1. The molecule has 0 aromatic carbocycles. The minimum absolute atomic E-state index is 0.439. The summed E-state index contributed by atoms with van der Waals surface area (Å²) in [5, 5.41) is 5.44. The van der Waals surface area contributed by atoms with E-state index < -0.39 is 11.9 Å². The molecule has 4 rings (SSSR count). The van der Waals surface area contributed by atoms with Gasteiger partial charge in [0.25, 0.3) is 0 Å². The van der Waals surface area contributed by atoms with E-state index in [9.17, 15) is 13.2 Å². The van der Waals surface area contributed by atoms with Gasteiger partial charge >= 0.3 is 6.18 Å². The highest BCUT2D eigenvalue weighted by Crippen LogP contribution is 2.31. The third-order valence-corrected chi connectivity index (χ3v) is 4.77. The average molecular weight is 389 g/mol. The summed E-state index contributed by atoms with van der Waals surface area (Å²) in [7, 11) is 0. The topological polar surface area (TPSA) is 55.1 Å². The van der Waals surface area contributed by atoms with Gasteiger partial charge in [0.2, 0.25) is 0 Å². The molecule has 0 saturated heterocycles. The van der Waals surface area contributed by atoms with Crippen LogP contribution in [0.1, 0.15) is 17.0 Å². The van der Waals surface area contributed by atoms with Crippen LogP contribution >= 0.6 is 11.3 Å². The van der Waals surface area contributed by atoms with Gasteiger partial charge in [-0.05, 0) is 43.7 Å². The fourth-order valence-electron chi connectivity index (χ4n) is 2.77. The number of aromatic nitrogens is 4. The van der Waals surface area contributed by atoms with E-state index in [1.807, 2.05) is 42.0 Å². The van der Waals surface area contributed by atoms with Gasteiger partial charge in [0.15, 0.2) is 5.13 Å². The molecule has 0 aliphatic carbocycles. The number of pyridine rings is 2. The lowest BCUT2D eigenvalue weighted by atomic mass is 10.2. The average Bonchev–Trinajstić information content (AvgIpc) is 3.17. The number of alkyl halides is 3. The van der Waals surface area contributed by atoms with Crippen molar-refractivity contribution in [3.8, 4) is 11.4 Å². The fourth-order valence-corrected chi connectivity index (χ4v) is 3.49. The molecule has 0 spiro atoms. The minimum atomic E-state index is -4.45. The molecule has 0 atom stereocenters. The molecular formula is C18H14F3N5S. The van der Waals surface area contributed by atoms with Crippen LogP contribution in [0, 0.1) is 13.8 Å². The Morgan fingerprint density at radius 2 is 1.93 bits per heavy atom. The predicted molar refractivity (Wildman–Crippen MR) is 98.3 cm³/mol. The lowest BCUT2D eigenvalue weighted by Gasteiger charge is -2.06. The summed E-state index contributed by atoms with van der Waals surface area (Å²) in [6.45, 7) is 3.93. The van der Waals surface area contributed by atoms with Gasteiger partial charge in [-0.1, -0.05) is 0 Å². The zero-order chi connectivity index (χ0) is 19.2. The zero-order valence-electron chi connectivity index (χ0n) is 14.4. The van der Waals surface area contributed by atoms with Crippen LogP contribution in [-0.4, -0.2) is 19.4 Å². The second-order valence-corrected chi connectivity index (χ2v) is 6.93. The Labute approximate surface area is 156 Å². The summed E-state index contributed by atoms with van der Waals surface area (Å²) in [6, 6.07) is 6.26. The Kier molecular flexibility index (Phi) is 4.11. The largest absolute Gasteiger partial charge is 0.433 e. The van der Waals surface area contributed by atoms with E-state index >= 15 is 0 Å². The number of nitrogens with one attached hydrogen (secondary N) is 1. The third kappa shape index (κ3) is 3.37. The molecule has 138 valence electrons. The highest BCUT2D eigenvalue weighted by molar-refractivity contribution is 7.14. The van der Waals surface area contributed by atoms with Crippen molar-refractivity contribution in [1.29, 1.82) is 0 Å². The number of thiazole rings is 1. The Morgan fingerprint density at radius 1 is 1.11 bits per heavy atom. The first-order chi connectivity index (χ1) is 12.8. The molecule has 9 heteroatoms. The number of anilines is 2. The van der Waals surface area contributed by atoms with Gasteiger partial charge in [-0.2, -0.15) is 13.2 Å². The summed E-state index contributed by atoms with van der Waals surface area (Å²) in [4.78, 5) is 12.6. The number of imidazole rings is 1. The SMILES string of the molecule is Cc1ccn2c(-c3csc(Nc4ccc(C(F)(F)F)nc4)n3)c(C)nc2c1. The maximum Gasteiger partial charge on any atom is 0.433 e. The molecule has 0 unspecified atom stereocenters. The maximum absolute atomic E-state index is 12.6. The highest BCUT2D eigenvalue weighted by atomic mass is 32.1. The number of rotatable bonds is 3. The number of aryl methyl sites for hydroxylation is 2. The summed E-state index contributed by atoms with van der Waals surface area (Å²) in [5.74, 6) is 0. The second-order valence-electron chi connectivity index (χ2n) is 6.07. The standard InChI is InChI=1S/C18H14F3N5S/c1-10-5-6-26-15(7-10)23-11(2)16(26)13-9-27-17(25-13)24-12-3-4-14(22-8-12)18(19,20)21/h3-9H,1-2H3,(H,24,25). The number of hydrogen-bond acceptors (Lipinski definition) is 5. The Hall–Kier alpha value is -2.94. The molecule has 0 amide bonds. The first-order valence-corrected chi connectivity index (χ1v) is 8.91. The van der Waals surface area contributed by atoms with Crippen LogP contribution in [0.3, 0.4) is 0 Å². The number of nitrogens with zero attached hydrogens (tertiary/aromatic N) is 4. The van der Waals surface area contributed by atoms with Crippen LogP contribution in [0.5, 0.6) is 0 Å². The van der Waals surface area contributed by atoms with Crippen LogP contribution in [0.15, 0.2) is 42.0 Å². The van der Waals surface area contributed by atoms with E-state index in [1.54, 1.807) is 0 Å². The Balaban J connectivity index is 1.62. The van der Waals surface area contributed by atoms with Crippen LogP contribution in [0.4, 0.5) is 24.0 Å². The van der Waals surface area contributed by atoms with Crippen molar-refractivity contribution < 1.29 is 13.2 Å².